The van der Waals surface area contributed by atoms with Crippen LogP contribution in [0.25, 0.3) is 6.08 Å². The van der Waals surface area contributed by atoms with Gasteiger partial charge in [-0.1, -0.05) is 58.4 Å². The maximum absolute atomic E-state index is 11.8. The van der Waals surface area contributed by atoms with E-state index < -0.39 is 0 Å². The SMILES string of the molecule is O=C(/C=C/c1cnn(Cc2ccccc2)c1)OCc1ccc(Br)cc1. The number of halogens is 1. The molecule has 5 heteroatoms. The number of aromatic nitrogens is 2. The number of carbonyl (C=O) groups is 1. The summed E-state index contributed by atoms with van der Waals surface area (Å²) in [5, 5.41) is 4.30. The van der Waals surface area contributed by atoms with Crippen LogP contribution in [-0.2, 0) is 22.7 Å². The Kier molecular flexibility index (Phi) is 5.80. The molecule has 1 heterocycles. The van der Waals surface area contributed by atoms with Gasteiger partial charge in [0.15, 0.2) is 0 Å². The zero-order valence-electron chi connectivity index (χ0n) is 13.5. The third-order valence-electron chi connectivity index (χ3n) is 3.55. The number of benzene rings is 2. The van der Waals surface area contributed by atoms with E-state index in [0.29, 0.717) is 6.54 Å². The maximum Gasteiger partial charge on any atom is 0.331 e. The van der Waals surface area contributed by atoms with Gasteiger partial charge in [0.25, 0.3) is 0 Å². The number of esters is 1. The molecule has 2 aromatic carbocycles. The number of carbonyl (C=O) groups excluding carboxylic acids is 1. The quantitative estimate of drug-likeness (QED) is 0.456. The number of hydrogen-bond acceptors (Lipinski definition) is 3. The highest BCUT2D eigenvalue weighted by molar-refractivity contribution is 9.10. The molecule has 0 saturated heterocycles. The lowest BCUT2D eigenvalue weighted by atomic mass is 10.2. The summed E-state index contributed by atoms with van der Waals surface area (Å²) < 4.78 is 8.05. The van der Waals surface area contributed by atoms with Gasteiger partial charge >= 0.3 is 5.97 Å². The van der Waals surface area contributed by atoms with Gasteiger partial charge in [0, 0.05) is 22.3 Å². The summed E-state index contributed by atoms with van der Waals surface area (Å²) in [5.74, 6) is -0.376. The van der Waals surface area contributed by atoms with Gasteiger partial charge in [-0.3, -0.25) is 4.68 Å². The molecule has 0 aliphatic carbocycles. The van der Waals surface area contributed by atoms with Gasteiger partial charge in [-0.15, -0.1) is 0 Å². The van der Waals surface area contributed by atoms with E-state index in [1.165, 1.54) is 11.6 Å². The molecule has 0 fully saturated rings. The molecule has 0 unspecified atom stereocenters. The Morgan fingerprint density at radius 1 is 1.08 bits per heavy atom. The van der Waals surface area contributed by atoms with Crippen molar-refractivity contribution < 1.29 is 9.53 Å². The molecule has 25 heavy (non-hydrogen) atoms. The zero-order valence-corrected chi connectivity index (χ0v) is 15.1. The Morgan fingerprint density at radius 2 is 1.84 bits per heavy atom. The first-order valence-electron chi connectivity index (χ1n) is 7.85. The molecular formula is C20H17BrN2O2. The Morgan fingerprint density at radius 3 is 2.60 bits per heavy atom. The Labute approximate surface area is 154 Å². The van der Waals surface area contributed by atoms with Gasteiger partial charge in [-0.25, -0.2) is 4.79 Å². The first kappa shape index (κ1) is 17.2. The molecule has 0 saturated carbocycles. The van der Waals surface area contributed by atoms with Gasteiger partial charge in [0.2, 0.25) is 0 Å². The highest BCUT2D eigenvalue weighted by Crippen LogP contribution is 2.11. The van der Waals surface area contributed by atoms with Crippen LogP contribution in [0.5, 0.6) is 0 Å². The van der Waals surface area contributed by atoms with Crippen LogP contribution in [0, 0.1) is 0 Å². The summed E-state index contributed by atoms with van der Waals surface area (Å²) >= 11 is 3.37. The summed E-state index contributed by atoms with van der Waals surface area (Å²) in [6.07, 6.45) is 6.74. The fourth-order valence-corrected chi connectivity index (χ4v) is 2.53. The molecule has 3 rings (SSSR count). The minimum Gasteiger partial charge on any atom is -0.458 e. The smallest absolute Gasteiger partial charge is 0.331 e. The second-order valence-electron chi connectivity index (χ2n) is 5.52. The molecule has 0 aliphatic rings. The fourth-order valence-electron chi connectivity index (χ4n) is 2.27. The summed E-state index contributed by atoms with van der Waals surface area (Å²) in [6.45, 7) is 0.951. The van der Waals surface area contributed by atoms with E-state index in [-0.39, 0.29) is 12.6 Å². The van der Waals surface area contributed by atoms with Crippen LogP contribution in [0.3, 0.4) is 0 Å². The molecule has 0 aliphatic heterocycles. The number of nitrogens with zero attached hydrogens (tertiary/aromatic N) is 2. The first-order chi connectivity index (χ1) is 12.2. The van der Waals surface area contributed by atoms with Crippen molar-refractivity contribution in [2.24, 2.45) is 0 Å². The largest absolute Gasteiger partial charge is 0.458 e. The van der Waals surface area contributed by atoms with E-state index in [9.17, 15) is 4.79 Å². The molecule has 0 bridgehead atoms. The number of ether oxygens (including phenoxy) is 1. The Balaban J connectivity index is 1.51. The van der Waals surface area contributed by atoms with Crippen LogP contribution in [-0.4, -0.2) is 15.7 Å². The molecule has 1 aromatic heterocycles. The van der Waals surface area contributed by atoms with E-state index in [0.717, 1.165) is 15.6 Å². The molecule has 0 radical (unpaired) electrons. The average molecular weight is 397 g/mol. The molecular weight excluding hydrogens is 380 g/mol. The molecule has 0 spiro atoms. The summed E-state index contributed by atoms with van der Waals surface area (Å²) in [7, 11) is 0. The van der Waals surface area contributed by atoms with E-state index in [1.54, 1.807) is 12.3 Å². The highest BCUT2D eigenvalue weighted by Gasteiger charge is 2.01. The second-order valence-corrected chi connectivity index (χ2v) is 6.44. The average Bonchev–Trinajstić information content (AvgIpc) is 3.08. The minimum atomic E-state index is -0.376. The van der Waals surface area contributed by atoms with Gasteiger partial charge in [-0.05, 0) is 29.3 Å². The third-order valence-corrected chi connectivity index (χ3v) is 4.08. The van der Waals surface area contributed by atoms with Crippen molar-refractivity contribution >= 4 is 28.0 Å². The van der Waals surface area contributed by atoms with Crippen molar-refractivity contribution in [3.8, 4) is 0 Å². The maximum atomic E-state index is 11.8. The molecule has 0 amide bonds. The van der Waals surface area contributed by atoms with Crippen LogP contribution in [0.1, 0.15) is 16.7 Å². The van der Waals surface area contributed by atoms with Crippen molar-refractivity contribution in [1.82, 2.24) is 9.78 Å². The van der Waals surface area contributed by atoms with Crippen LogP contribution < -0.4 is 0 Å². The van der Waals surface area contributed by atoms with Crippen LogP contribution in [0.2, 0.25) is 0 Å². The summed E-state index contributed by atoms with van der Waals surface area (Å²) in [6, 6.07) is 17.7. The first-order valence-corrected chi connectivity index (χ1v) is 8.64. The van der Waals surface area contributed by atoms with Crippen molar-refractivity contribution in [1.29, 1.82) is 0 Å². The van der Waals surface area contributed by atoms with Gasteiger partial charge in [0.1, 0.15) is 6.61 Å². The van der Waals surface area contributed by atoms with E-state index in [1.807, 2.05) is 53.3 Å². The molecule has 126 valence electrons. The molecule has 4 nitrogen and oxygen atoms in total. The third kappa shape index (κ3) is 5.43. The lowest BCUT2D eigenvalue weighted by Gasteiger charge is -2.02. The van der Waals surface area contributed by atoms with Crippen LogP contribution >= 0.6 is 15.9 Å². The Hall–Kier alpha value is -2.66. The lowest BCUT2D eigenvalue weighted by Crippen LogP contribution is -2.00. The molecule has 3 aromatic rings. The van der Waals surface area contributed by atoms with E-state index in [2.05, 4.69) is 33.2 Å². The van der Waals surface area contributed by atoms with Gasteiger partial charge < -0.3 is 4.74 Å². The second kappa shape index (κ2) is 8.44. The van der Waals surface area contributed by atoms with Crippen molar-refractivity contribution in [3.63, 3.8) is 0 Å². The number of hydrogen-bond donors (Lipinski definition) is 0. The zero-order chi connectivity index (χ0) is 17.5. The van der Waals surface area contributed by atoms with Crippen molar-refractivity contribution in [3.05, 3.63) is 94.2 Å². The Bertz CT molecular complexity index is 855. The lowest BCUT2D eigenvalue weighted by molar-refractivity contribution is -0.138. The minimum absolute atomic E-state index is 0.254. The topological polar surface area (TPSA) is 44.1 Å². The summed E-state index contributed by atoms with van der Waals surface area (Å²) in [5.41, 5.74) is 2.98. The van der Waals surface area contributed by atoms with Crippen molar-refractivity contribution in [2.45, 2.75) is 13.2 Å². The number of rotatable bonds is 6. The summed E-state index contributed by atoms with van der Waals surface area (Å²) in [4.78, 5) is 11.8. The predicted octanol–water partition coefficient (Wildman–Crippen LogP) is 4.45. The molecule has 0 N–H and O–H groups in total. The van der Waals surface area contributed by atoms with Gasteiger partial charge in [-0.2, -0.15) is 5.10 Å². The van der Waals surface area contributed by atoms with E-state index >= 15 is 0 Å². The fraction of sp³-hybridized carbons (Fsp3) is 0.100. The van der Waals surface area contributed by atoms with Gasteiger partial charge in [0.05, 0.1) is 12.7 Å². The van der Waals surface area contributed by atoms with Crippen molar-refractivity contribution in [2.75, 3.05) is 0 Å². The van der Waals surface area contributed by atoms with E-state index in [4.69, 9.17) is 4.74 Å². The van der Waals surface area contributed by atoms with Crippen LogP contribution in [0.15, 0.2) is 77.5 Å². The standard InChI is InChI=1S/C20H17BrN2O2/c21-19-9-6-17(7-10-19)15-25-20(24)11-8-18-12-22-23(14-18)13-16-4-2-1-3-5-16/h1-12,14H,13,15H2/b11-8+. The monoisotopic (exact) mass is 396 g/mol. The molecule has 0 atom stereocenters. The highest BCUT2D eigenvalue weighted by atomic mass is 79.9. The van der Waals surface area contributed by atoms with Crippen LogP contribution in [0.4, 0.5) is 0 Å². The predicted molar refractivity (Wildman–Crippen MR) is 101 cm³/mol. The normalized spacial score (nSPS) is 10.9.